The monoisotopic (exact) mass is 421 g/mol. The van der Waals surface area contributed by atoms with Crippen LogP contribution in [0.1, 0.15) is 20.9 Å². The van der Waals surface area contributed by atoms with E-state index in [1.807, 2.05) is 30.3 Å². The van der Waals surface area contributed by atoms with Gasteiger partial charge >= 0.3 is 5.97 Å². The summed E-state index contributed by atoms with van der Waals surface area (Å²) in [6, 6.07) is 17.6. The Balaban J connectivity index is 1.87. The molecule has 0 radical (unpaired) electrons. The minimum Gasteiger partial charge on any atom is -0.478 e. The van der Waals surface area contributed by atoms with Crippen molar-refractivity contribution < 1.29 is 19.1 Å². The number of furan rings is 1. The first-order chi connectivity index (χ1) is 13.0. The Bertz CT molecular complexity index is 1200. The topological polar surface area (TPSA) is 80.4 Å². The van der Waals surface area contributed by atoms with Crippen LogP contribution in [0.15, 0.2) is 69.6 Å². The molecule has 0 saturated heterocycles. The molecular weight excluding hydrogens is 410 g/mol. The highest BCUT2D eigenvalue weighted by Gasteiger charge is 2.14. The highest BCUT2D eigenvalue weighted by atomic mass is 79.9. The Morgan fingerprint density at radius 1 is 1.04 bits per heavy atom. The average molecular weight is 422 g/mol. The van der Waals surface area contributed by atoms with Gasteiger partial charge in [-0.2, -0.15) is 0 Å². The van der Waals surface area contributed by atoms with E-state index in [2.05, 4.69) is 20.9 Å². The van der Waals surface area contributed by atoms with Gasteiger partial charge in [0.15, 0.2) is 12.0 Å². The number of aldehydes is 1. The summed E-state index contributed by atoms with van der Waals surface area (Å²) in [7, 11) is 0. The predicted octanol–water partition coefficient (Wildman–Crippen LogP) is 5.44. The largest absolute Gasteiger partial charge is 0.478 e. The quantitative estimate of drug-likeness (QED) is 0.444. The number of pyridine rings is 1. The number of hydrogen-bond donors (Lipinski definition) is 1. The molecule has 0 aliphatic rings. The number of aromatic carboxylic acids is 1. The molecular formula is C21H12BrNO4. The molecule has 0 bridgehead atoms. The first-order valence-corrected chi connectivity index (χ1v) is 8.84. The Morgan fingerprint density at radius 2 is 1.85 bits per heavy atom. The molecule has 27 heavy (non-hydrogen) atoms. The van der Waals surface area contributed by atoms with Crippen molar-refractivity contribution in [1.29, 1.82) is 0 Å². The second-order valence-corrected chi connectivity index (χ2v) is 6.84. The maximum Gasteiger partial charge on any atom is 0.336 e. The average Bonchev–Trinajstić information content (AvgIpc) is 3.16. The van der Waals surface area contributed by atoms with Crippen LogP contribution in [0, 0.1) is 0 Å². The van der Waals surface area contributed by atoms with Crippen LogP contribution in [0.3, 0.4) is 0 Å². The fourth-order valence-electron chi connectivity index (χ4n) is 2.93. The second-order valence-electron chi connectivity index (χ2n) is 5.92. The molecule has 0 aliphatic carbocycles. The van der Waals surface area contributed by atoms with Gasteiger partial charge in [0.05, 0.1) is 16.8 Å². The summed E-state index contributed by atoms with van der Waals surface area (Å²) >= 11 is 3.37. The SMILES string of the molecule is O=Cc1ccc(-c2cccc(-c3cc(C(=O)O)c4cc(Br)ccc4n3)c2)o1. The van der Waals surface area contributed by atoms with Gasteiger partial charge in [0.25, 0.3) is 0 Å². The third-order valence-electron chi connectivity index (χ3n) is 4.19. The number of fused-ring (bicyclic) bond motifs is 1. The molecule has 132 valence electrons. The van der Waals surface area contributed by atoms with E-state index < -0.39 is 5.97 Å². The van der Waals surface area contributed by atoms with Crippen molar-refractivity contribution in [3.05, 3.63) is 76.5 Å². The summed E-state index contributed by atoms with van der Waals surface area (Å²) in [5.41, 5.74) is 2.85. The third kappa shape index (κ3) is 3.27. The van der Waals surface area contributed by atoms with Gasteiger partial charge in [0.2, 0.25) is 0 Å². The smallest absolute Gasteiger partial charge is 0.336 e. The number of carbonyl (C=O) groups excluding carboxylic acids is 1. The summed E-state index contributed by atoms with van der Waals surface area (Å²) in [5.74, 6) is -0.209. The zero-order valence-electron chi connectivity index (χ0n) is 13.8. The van der Waals surface area contributed by atoms with E-state index in [0.717, 1.165) is 15.6 Å². The highest BCUT2D eigenvalue weighted by molar-refractivity contribution is 9.10. The van der Waals surface area contributed by atoms with Gasteiger partial charge in [0, 0.05) is 21.0 Å². The molecule has 1 N–H and O–H groups in total. The number of aromatic nitrogens is 1. The molecule has 5 nitrogen and oxygen atoms in total. The number of benzene rings is 2. The number of halogens is 1. The molecule has 2 aromatic carbocycles. The Kier molecular flexibility index (Phi) is 4.33. The van der Waals surface area contributed by atoms with Crippen LogP contribution in [-0.4, -0.2) is 22.3 Å². The molecule has 0 saturated carbocycles. The molecule has 4 rings (SSSR count). The van der Waals surface area contributed by atoms with Crippen LogP contribution < -0.4 is 0 Å². The maximum atomic E-state index is 11.7. The molecule has 2 aromatic heterocycles. The van der Waals surface area contributed by atoms with Crippen LogP contribution in [0.2, 0.25) is 0 Å². The lowest BCUT2D eigenvalue weighted by Crippen LogP contribution is -2.00. The van der Waals surface area contributed by atoms with Gasteiger partial charge < -0.3 is 9.52 Å². The van der Waals surface area contributed by atoms with Gasteiger partial charge in [-0.25, -0.2) is 9.78 Å². The summed E-state index contributed by atoms with van der Waals surface area (Å²) in [4.78, 5) is 27.2. The summed E-state index contributed by atoms with van der Waals surface area (Å²) in [5, 5.41) is 10.2. The van der Waals surface area contributed by atoms with Crippen molar-refractivity contribution in [2.75, 3.05) is 0 Å². The van der Waals surface area contributed by atoms with Gasteiger partial charge in [-0.1, -0.05) is 34.1 Å². The van der Waals surface area contributed by atoms with Crippen molar-refractivity contribution in [3.63, 3.8) is 0 Å². The zero-order valence-corrected chi connectivity index (χ0v) is 15.4. The normalized spacial score (nSPS) is 10.9. The van der Waals surface area contributed by atoms with E-state index in [1.54, 1.807) is 30.3 Å². The van der Waals surface area contributed by atoms with E-state index in [4.69, 9.17) is 4.42 Å². The number of hydrogen-bond acceptors (Lipinski definition) is 4. The van der Waals surface area contributed by atoms with Gasteiger partial charge in [-0.15, -0.1) is 0 Å². The van der Waals surface area contributed by atoms with Crippen LogP contribution in [-0.2, 0) is 0 Å². The molecule has 6 heteroatoms. The van der Waals surface area contributed by atoms with Crippen LogP contribution >= 0.6 is 15.9 Å². The van der Waals surface area contributed by atoms with Crippen molar-refractivity contribution in [1.82, 2.24) is 4.98 Å². The first kappa shape index (κ1) is 17.2. The Labute approximate surface area is 162 Å². The Hall–Kier alpha value is -3.25. The molecule has 0 spiro atoms. The van der Waals surface area contributed by atoms with Crippen LogP contribution in [0.25, 0.3) is 33.5 Å². The standard InChI is InChI=1S/C21H12BrNO4/c22-14-4-6-18-16(9-14)17(21(25)26)10-19(23-18)12-2-1-3-13(8-12)20-7-5-15(11-24)27-20/h1-11H,(H,25,26). The van der Waals surface area contributed by atoms with E-state index in [0.29, 0.717) is 28.6 Å². The van der Waals surface area contributed by atoms with E-state index in [-0.39, 0.29) is 11.3 Å². The number of rotatable bonds is 4. The number of carboxylic acid groups (broad SMARTS) is 1. The highest BCUT2D eigenvalue weighted by Crippen LogP contribution is 2.30. The lowest BCUT2D eigenvalue weighted by Gasteiger charge is -2.08. The predicted molar refractivity (Wildman–Crippen MR) is 105 cm³/mol. The number of carbonyl (C=O) groups is 2. The molecule has 4 aromatic rings. The fraction of sp³-hybridized carbons (Fsp3) is 0. The minimum absolute atomic E-state index is 0.183. The zero-order chi connectivity index (χ0) is 19.0. The van der Waals surface area contributed by atoms with Crippen LogP contribution in [0.5, 0.6) is 0 Å². The van der Waals surface area contributed by atoms with Crippen LogP contribution in [0.4, 0.5) is 0 Å². The summed E-state index contributed by atoms with van der Waals surface area (Å²) in [6.07, 6.45) is 0.648. The van der Waals surface area contributed by atoms with E-state index in [1.165, 1.54) is 0 Å². The molecule has 2 heterocycles. The van der Waals surface area contributed by atoms with E-state index in [9.17, 15) is 14.7 Å². The molecule has 0 amide bonds. The molecule has 0 atom stereocenters. The van der Waals surface area contributed by atoms with Crippen molar-refractivity contribution in [3.8, 4) is 22.6 Å². The van der Waals surface area contributed by atoms with Crippen molar-refractivity contribution >= 4 is 39.1 Å². The fourth-order valence-corrected chi connectivity index (χ4v) is 3.29. The third-order valence-corrected chi connectivity index (χ3v) is 4.68. The van der Waals surface area contributed by atoms with Gasteiger partial charge in [-0.3, -0.25) is 4.79 Å². The molecule has 0 unspecified atom stereocenters. The van der Waals surface area contributed by atoms with Gasteiger partial charge in [0.1, 0.15) is 5.76 Å². The molecule has 0 aliphatic heterocycles. The van der Waals surface area contributed by atoms with E-state index >= 15 is 0 Å². The second kappa shape index (κ2) is 6.81. The summed E-state index contributed by atoms with van der Waals surface area (Å²) < 4.78 is 6.26. The molecule has 0 fully saturated rings. The minimum atomic E-state index is -1.01. The number of carboxylic acids is 1. The Morgan fingerprint density at radius 3 is 2.59 bits per heavy atom. The van der Waals surface area contributed by atoms with Crippen molar-refractivity contribution in [2.45, 2.75) is 0 Å². The summed E-state index contributed by atoms with van der Waals surface area (Å²) in [6.45, 7) is 0. The number of nitrogens with zero attached hydrogens (tertiary/aromatic N) is 1. The first-order valence-electron chi connectivity index (χ1n) is 8.04. The van der Waals surface area contributed by atoms with Gasteiger partial charge in [-0.05, 0) is 42.5 Å². The lowest BCUT2D eigenvalue weighted by atomic mass is 10.0. The lowest BCUT2D eigenvalue weighted by molar-refractivity contribution is 0.0699. The van der Waals surface area contributed by atoms with Crippen molar-refractivity contribution in [2.24, 2.45) is 0 Å². The maximum absolute atomic E-state index is 11.7.